The van der Waals surface area contributed by atoms with E-state index in [-0.39, 0.29) is 0 Å². The van der Waals surface area contributed by atoms with Crippen molar-refractivity contribution in [1.29, 1.82) is 0 Å². The molecule has 3 N–H and O–H groups in total. The van der Waals surface area contributed by atoms with Crippen LogP contribution < -0.4 is 9.94 Å². The van der Waals surface area contributed by atoms with Crippen molar-refractivity contribution < 1.29 is 0 Å². The van der Waals surface area contributed by atoms with Gasteiger partial charge >= 0.3 is 0 Å². The Hall–Kier alpha value is -3.45. The van der Waals surface area contributed by atoms with Crippen molar-refractivity contribution in [2.45, 2.75) is 13.5 Å². The fourth-order valence-electron chi connectivity index (χ4n) is 4.14. The van der Waals surface area contributed by atoms with Gasteiger partial charge in [0.05, 0.1) is 23.1 Å². The second-order valence-corrected chi connectivity index (χ2v) is 10.2. The van der Waals surface area contributed by atoms with Crippen molar-refractivity contribution in [3.63, 3.8) is 0 Å². The molecular weight excluding hydrogens is 461 g/mol. The molecule has 0 aromatic carbocycles. The van der Waals surface area contributed by atoms with Crippen molar-refractivity contribution in [3.8, 4) is 33.1 Å². The Bertz CT molecular complexity index is 1630. The predicted molar refractivity (Wildman–Crippen MR) is 142 cm³/mol. The Balaban J connectivity index is 1.44. The number of H-pyrrole nitrogens is 2. The molecule has 1 unspecified atom stereocenters. The number of fused-ring (bicyclic) bond motifs is 2. The molecule has 0 aliphatic carbocycles. The molecule has 6 aromatic heterocycles. The lowest BCUT2D eigenvalue weighted by atomic mass is 10.1. The highest BCUT2D eigenvalue weighted by atomic mass is 32.1. The second-order valence-electron chi connectivity index (χ2n) is 8.06. The first-order valence-corrected chi connectivity index (χ1v) is 12.4. The Morgan fingerprint density at radius 1 is 1.03 bits per heavy atom. The topological polar surface area (TPSA) is 95.2 Å². The molecule has 0 aliphatic heterocycles. The summed E-state index contributed by atoms with van der Waals surface area (Å²) in [6.07, 6.45) is 7.41. The lowest BCUT2D eigenvalue weighted by Crippen LogP contribution is -2.11. The highest BCUT2D eigenvalue weighted by molar-refractivity contribution is 7.44. The van der Waals surface area contributed by atoms with E-state index in [0.717, 1.165) is 68.8 Å². The molecular formula is C25H22N7PS. The van der Waals surface area contributed by atoms with Crippen LogP contribution in [0.1, 0.15) is 12.5 Å². The Kier molecular flexibility index (Phi) is 5.41. The number of aromatic amines is 2. The monoisotopic (exact) mass is 483 g/mol. The van der Waals surface area contributed by atoms with Crippen LogP contribution >= 0.6 is 20.6 Å². The zero-order chi connectivity index (χ0) is 23.1. The summed E-state index contributed by atoms with van der Waals surface area (Å²) in [5.41, 5.74) is 7.63. The highest BCUT2D eigenvalue weighted by Crippen LogP contribution is 2.35. The number of nitrogens with zero attached hydrogens (tertiary/aromatic N) is 4. The summed E-state index contributed by atoms with van der Waals surface area (Å²) in [5.74, 6) is 0. The SMILES string of the molecule is CCNCc1cncc(-c2cc3c(-c4cc5c(-c6ccc(P)s6)ccnc5[nH]4)n[nH]c3cn2)c1. The molecule has 0 aliphatic rings. The maximum absolute atomic E-state index is 4.65. The number of hydrogen-bond donors (Lipinski definition) is 3. The van der Waals surface area contributed by atoms with Gasteiger partial charge in [0.1, 0.15) is 11.3 Å². The first kappa shape index (κ1) is 21.1. The van der Waals surface area contributed by atoms with Crippen LogP contribution in [0.4, 0.5) is 0 Å². The summed E-state index contributed by atoms with van der Waals surface area (Å²) in [7, 11) is 2.77. The lowest BCUT2D eigenvalue weighted by Gasteiger charge is -2.05. The molecule has 0 radical (unpaired) electrons. The van der Waals surface area contributed by atoms with Gasteiger partial charge in [0.25, 0.3) is 0 Å². The zero-order valence-electron chi connectivity index (χ0n) is 18.5. The summed E-state index contributed by atoms with van der Waals surface area (Å²) in [5, 5.41) is 13.2. The minimum atomic E-state index is 0.781. The van der Waals surface area contributed by atoms with Gasteiger partial charge in [-0.25, -0.2) is 4.98 Å². The summed E-state index contributed by atoms with van der Waals surface area (Å²) in [6, 6.07) is 12.7. The molecule has 168 valence electrons. The molecule has 6 rings (SSSR count). The second kappa shape index (κ2) is 8.72. The van der Waals surface area contributed by atoms with Crippen molar-refractivity contribution in [1.82, 2.24) is 35.5 Å². The number of rotatable bonds is 6. The van der Waals surface area contributed by atoms with Crippen LogP contribution in [0.2, 0.25) is 0 Å². The van der Waals surface area contributed by atoms with Gasteiger partial charge < -0.3 is 10.3 Å². The van der Waals surface area contributed by atoms with Crippen molar-refractivity contribution >= 4 is 47.1 Å². The lowest BCUT2D eigenvalue weighted by molar-refractivity contribution is 0.724. The maximum Gasteiger partial charge on any atom is 0.138 e. The van der Waals surface area contributed by atoms with Crippen LogP contribution in [0.5, 0.6) is 0 Å². The maximum atomic E-state index is 4.65. The van der Waals surface area contributed by atoms with E-state index in [1.54, 1.807) is 11.3 Å². The first-order chi connectivity index (χ1) is 16.7. The van der Waals surface area contributed by atoms with Gasteiger partial charge in [0, 0.05) is 56.5 Å². The van der Waals surface area contributed by atoms with E-state index in [1.807, 2.05) is 24.8 Å². The van der Waals surface area contributed by atoms with Gasteiger partial charge in [-0.3, -0.25) is 15.1 Å². The number of pyridine rings is 3. The first-order valence-electron chi connectivity index (χ1n) is 11.0. The number of nitrogens with one attached hydrogen (secondary N) is 3. The summed E-state index contributed by atoms with van der Waals surface area (Å²) < 4.78 is 1.21. The minimum absolute atomic E-state index is 0.781. The van der Waals surface area contributed by atoms with E-state index < -0.39 is 0 Å². The molecule has 0 saturated heterocycles. The Morgan fingerprint density at radius 2 is 1.97 bits per heavy atom. The van der Waals surface area contributed by atoms with Gasteiger partial charge in [-0.2, -0.15) is 5.10 Å². The van der Waals surface area contributed by atoms with Crippen LogP contribution in [0.25, 0.3) is 55.0 Å². The molecule has 6 aromatic rings. The molecule has 0 saturated carbocycles. The zero-order valence-corrected chi connectivity index (χ0v) is 20.4. The fraction of sp³-hybridized carbons (Fsp3) is 0.120. The third-order valence-electron chi connectivity index (χ3n) is 5.80. The van der Waals surface area contributed by atoms with E-state index in [2.05, 4.69) is 88.0 Å². The van der Waals surface area contributed by atoms with Gasteiger partial charge in [-0.15, -0.1) is 11.3 Å². The van der Waals surface area contributed by atoms with Crippen LogP contribution in [0.15, 0.2) is 61.2 Å². The summed E-state index contributed by atoms with van der Waals surface area (Å²) in [6.45, 7) is 3.79. The third kappa shape index (κ3) is 3.80. The molecule has 0 bridgehead atoms. The van der Waals surface area contributed by atoms with Crippen molar-refractivity contribution in [2.24, 2.45) is 0 Å². The number of hydrogen-bond acceptors (Lipinski definition) is 6. The largest absolute Gasteiger partial charge is 0.338 e. The molecule has 7 nitrogen and oxygen atoms in total. The van der Waals surface area contributed by atoms with E-state index in [0.29, 0.717) is 0 Å². The van der Waals surface area contributed by atoms with Crippen molar-refractivity contribution in [3.05, 3.63) is 66.7 Å². The average molecular weight is 484 g/mol. The minimum Gasteiger partial charge on any atom is -0.338 e. The van der Waals surface area contributed by atoms with Gasteiger partial charge in [0.2, 0.25) is 0 Å². The fourth-order valence-corrected chi connectivity index (χ4v) is 5.43. The van der Waals surface area contributed by atoms with Crippen LogP contribution in [-0.4, -0.2) is 36.7 Å². The van der Waals surface area contributed by atoms with E-state index >= 15 is 0 Å². The van der Waals surface area contributed by atoms with Gasteiger partial charge in [-0.05, 0) is 48.5 Å². The predicted octanol–water partition coefficient (Wildman–Crippen LogP) is 4.90. The average Bonchev–Trinajstić information content (AvgIpc) is 3.59. The summed E-state index contributed by atoms with van der Waals surface area (Å²) >= 11 is 1.75. The number of aromatic nitrogens is 6. The summed E-state index contributed by atoms with van der Waals surface area (Å²) in [4.78, 5) is 18.3. The molecule has 1 atom stereocenters. The molecule has 0 fully saturated rings. The normalized spacial score (nSPS) is 11.6. The van der Waals surface area contributed by atoms with E-state index in [9.17, 15) is 0 Å². The van der Waals surface area contributed by atoms with Gasteiger partial charge in [0.15, 0.2) is 0 Å². The number of thiophene rings is 1. The molecule has 9 heteroatoms. The van der Waals surface area contributed by atoms with Crippen LogP contribution in [0.3, 0.4) is 0 Å². The Morgan fingerprint density at radius 3 is 2.82 bits per heavy atom. The molecule has 0 amide bonds. The quantitative estimate of drug-likeness (QED) is 0.293. The van der Waals surface area contributed by atoms with Crippen molar-refractivity contribution in [2.75, 3.05) is 6.54 Å². The van der Waals surface area contributed by atoms with Crippen LogP contribution in [0, 0.1) is 0 Å². The smallest absolute Gasteiger partial charge is 0.138 e. The molecule has 0 spiro atoms. The van der Waals surface area contributed by atoms with Crippen LogP contribution in [-0.2, 0) is 6.54 Å². The molecule has 34 heavy (non-hydrogen) atoms. The third-order valence-corrected chi connectivity index (χ3v) is 7.29. The Labute approximate surface area is 202 Å². The standard InChI is InChI=1S/C25H22N7PS/c1-2-26-10-14-7-15(12-27-11-14)19-9-18-21(13-29-19)31-32-24(18)20-8-17-16(5-6-28-25(17)30-20)22-3-4-23(33)34-22/h3-9,11-13,26H,2,10,33H2,1H3,(H,28,30)(H,31,32). The molecule has 6 heterocycles. The highest BCUT2D eigenvalue weighted by Gasteiger charge is 2.16. The van der Waals surface area contributed by atoms with E-state index in [1.165, 1.54) is 9.50 Å². The van der Waals surface area contributed by atoms with E-state index in [4.69, 9.17) is 0 Å². The van der Waals surface area contributed by atoms with Gasteiger partial charge in [-0.1, -0.05) is 16.2 Å².